The zero-order chi connectivity index (χ0) is 13.8. The summed E-state index contributed by atoms with van der Waals surface area (Å²) < 4.78 is 0. The van der Waals surface area contributed by atoms with E-state index in [0.29, 0.717) is 28.0 Å². The van der Waals surface area contributed by atoms with Crippen LogP contribution in [-0.2, 0) is 6.54 Å². The summed E-state index contributed by atoms with van der Waals surface area (Å²) in [7, 11) is 0. The van der Waals surface area contributed by atoms with Gasteiger partial charge in [-0.1, -0.05) is 29.3 Å². The highest BCUT2D eigenvalue weighted by Crippen LogP contribution is 2.29. The first-order valence-electron chi connectivity index (χ1n) is 5.44. The van der Waals surface area contributed by atoms with Crippen LogP contribution in [0.15, 0.2) is 36.5 Å². The molecule has 0 spiro atoms. The number of carboxylic acid groups (broad SMARTS) is 1. The number of nitrogens with zero attached hydrogens (tertiary/aromatic N) is 1. The van der Waals surface area contributed by atoms with E-state index in [1.807, 2.05) is 0 Å². The van der Waals surface area contributed by atoms with Gasteiger partial charge in [-0.05, 0) is 24.3 Å². The number of hydrogen-bond acceptors (Lipinski definition) is 3. The van der Waals surface area contributed by atoms with E-state index >= 15 is 0 Å². The zero-order valence-electron chi connectivity index (χ0n) is 9.73. The van der Waals surface area contributed by atoms with E-state index in [0.717, 1.165) is 0 Å². The standard InChI is InChI=1S/C13H10Cl2N2O2/c14-10-2-1-3-11(12(10)15)17-7-9-5-4-8(6-16-9)13(18)19/h1-6,17H,7H2,(H,18,19). The first-order chi connectivity index (χ1) is 9.08. The number of benzene rings is 1. The summed E-state index contributed by atoms with van der Waals surface area (Å²) in [5.41, 5.74) is 1.57. The average Bonchev–Trinajstić information content (AvgIpc) is 2.41. The number of halogens is 2. The van der Waals surface area contributed by atoms with Gasteiger partial charge in [0.25, 0.3) is 0 Å². The summed E-state index contributed by atoms with van der Waals surface area (Å²) in [6.07, 6.45) is 1.32. The third kappa shape index (κ3) is 3.36. The van der Waals surface area contributed by atoms with Crippen molar-refractivity contribution in [3.8, 4) is 0 Å². The van der Waals surface area contributed by atoms with Gasteiger partial charge in [0.1, 0.15) is 0 Å². The van der Waals surface area contributed by atoms with Crippen LogP contribution in [-0.4, -0.2) is 16.1 Å². The fourth-order valence-corrected chi connectivity index (χ4v) is 1.85. The van der Waals surface area contributed by atoms with E-state index in [2.05, 4.69) is 10.3 Å². The van der Waals surface area contributed by atoms with Gasteiger partial charge in [0.2, 0.25) is 0 Å². The third-order valence-corrected chi connectivity index (χ3v) is 3.30. The molecule has 0 saturated carbocycles. The fourth-order valence-electron chi connectivity index (χ4n) is 1.48. The molecule has 0 aliphatic carbocycles. The maximum atomic E-state index is 10.7. The lowest BCUT2D eigenvalue weighted by molar-refractivity contribution is 0.0696. The summed E-state index contributed by atoms with van der Waals surface area (Å²) >= 11 is 11.9. The number of nitrogens with one attached hydrogen (secondary N) is 1. The van der Waals surface area contributed by atoms with Crippen molar-refractivity contribution in [1.82, 2.24) is 4.98 Å². The van der Waals surface area contributed by atoms with Crippen molar-refractivity contribution in [3.05, 3.63) is 57.8 Å². The first kappa shape index (κ1) is 13.6. The third-order valence-electron chi connectivity index (χ3n) is 2.48. The lowest BCUT2D eigenvalue weighted by Crippen LogP contribution is -2.04. The van der Waals surface area contributed by atoms with Gasteiger partial charge in [0, 0.05) is 6.20 Å². The smallest absolute Gasteiger partial charge is 0.337 e. The van der Waals surface area contributed by atoms with Gasteiger partial charge in [-0.3, -0.25) is 4.98 Å². The lowest BCUT2D eigenvalue weighted by Gasteiger charge is -2.08. The minimum Gasteiger partial charge on any atom is -0.478 e. The second kappa shape index (κ2) is 5.91. The van der Waals surface area contributed by atoms with E-state index in [4.69, 9.17) is 28.3 Å². The van der Waals surface area contributed by atoms with E-state index in [1.165, 1.54) is 12.3 Å². The molecule has 6 heteroatoms. The molecule has 4 nitrogen and oxygen atoms in total. The predicted octanol–water partition coefficient (Wildman–Crippen LogP) is 3.70. The Morgan fingerprint density at radius 1 is 1.26 bits per heavy atom. The summed E-state index contributed by atoms with van der Waals surface area (Å²) in [6.45, 7) is 0.431. The Labute approximate surface area is 120 Å². The van der Waals surface area contributed by atoms with Crippen LogP contribution in [0.1, 0.15) is 16.1 Å². The van der Waals surface area contributed by atoms with Crippen LogP contribution in [0, 0.1) is 0 Å². The molecule has 0 unspecified atom stereocenters. The normalized spacial score (nSPS) is 10.2. The Morgan fingerprint density at radius 3 is 2.68 bits per heavy atom. The molecule has 2 aromatic rings. The highest BCUT2D eigenvalue weighted by molar-refractivity contribution is 6.43. The quantitative estimate of drug-likeness (QED) is 0.903. The van der Waals surface area contributed by atoms with Crippen molar-refractivity contribution < 1.29 is 9.90 Å². The highest BCUT2D eigenvalue weighted by atomic mass is 35.5. The molecule has 98 valence electrons. The topological polar surface area (TPSA) is 62.2 Å². The Balaban J connectivity index is 2.06. The molecule has 0 fully saturated rings. The van der Waals surface area contributed by atoms with Gasteiger partial charge < -0.3 is 10.4 Å². The minimum absolute atomic E-state index is 0.157. The van der Waals surface area contributed by atoms with Crippen molar-refractivity contribution in [2.75, 3.05) is 5.32 Å². The van der Waals surface area contributed by atoms with E-state index in [9.17, 15) is 4.79 Å². The second-order valence-corrected chi connectivity index (χ2v) is 4.58. The summed E-state index contributed by atoms with van der Waals surface area (Å²) in [4.78, 5) is 14.7. The number of aromatic carboxylic acids is 1. The Kier molecular flexibility index (Phi) is 4.24. The van der Waals surface area contributed by atoms with Crippen LogP contribution < -0.4 is 5.32 Å². The molecule has 0 saturated heterocycles. The maximum Gasteiger partial charge on any atom is 0.337 e. The number of anilines is 1. The van der Waals surface area contributed by atoms with E-state index in [-0.39, 0.29) is 5.56 Å². The van der Waals surface area contributed by atoms with E-state index < -0.39 is 5.97 Å². The van der Waals surface area contributed by atoms with Crippen molar-refractivity contribution in [2.45, 2.75) is 6.54 Å². The monoisotopic (exact) mass is 296 g/mol. The van der Waals surface area contributed by atoms with Crippen LogP contribution in [0.3, 0.4) is 0 Å². The number of carboxylic acids is 1. The summed E-state index contributed by atoms with van der Waals surface area (Å²) in [5.74, 6) is -0.995. The molecule has 1 heterocycles. The fraction of sp³-hybridized carbons (Fsp3) is 0.0769. The van der Waals surface area contributed by atoms with Gasteiger partial charge >= 0.3 is 5.97 Å². The van der Waals surface area contributed by atoms with Gasteiger partial charge in [0.15, 0.2) is 0 Å². The molecule has 0 bridgehead atoms. The predicted molar refractivity (Wildman–Crippen MR) is 75.0 cm³/mol. The van der Waals surface area contributed by atoms with Crippen molar-refractivity contribution in [3.63, 3.8) is 0 Å². The Hall–Kier alpha value is -1.78. The maximum absolute atomic E-state index is 10.7. The molecule has 0 atom stereocenters. The van der Waals surface area contributed by atoms with Crippen molar-refractivity contribution >= 4 is 34.9 Å². The molecule has 0 aliphatic rings. The minimum atomic E-state index is -0.995. The van der Waals surface area contributed by atoms with Crippen LogP contribution >= 0.6 is 23.2 Å². The van der Waals surface area contributed by atoms with Crippen molar-refractivity contribution in [2.24, 2.45) is 0 Å². The van der Waals surface area contributed by atoms with Crippen LogP contribution in [0.4, 0.5) is 5.69 Å². The van der Waals surface area contributed by atoms with Gasteiger partial charge in [-0.25, -0.2) is 4.79 Å². The SMILES string of the molecule is O=C(O)c1ccc(CNc2cccc(Cl)c2Cl)nc1. The number of hydrogen-bond donors (Lipinski definition) is 2. The Bertz CT molecular complexity index is 600. The molecule has 2 rings (SSSR count). The van der Waals surface area contributed by atoms with Crippen LogP contribution in [0.2, 0.25) is 10.0 Å². The zero-order valence-corrected chi connectivity index (χ0v) is 11.2. The number of rotatable bonds is 4. The molecular formula is C13H10Cl2N2O2. The Morgan fingerprint density at radius 2 is 2.05 bits per heavy atom. The highest BCUT2D eigenvalue weighted by Gasteiger charge is 2.05. The molecule has 0 aliphatic heterocycles. The van der Waals surface area contributed by atoms with E-state index in [1.54, 1.807) is 24.3 Å². The molecule has 1 aromatic heterocycles. The number of pyridine rings is 1. The van der Waals surface area contributed by atoms with Gasteiger partial charge in [-0.2, -0.15) is 0 Å². The summed E-state index contributed by atoms with van der Waals surface area (Å²) in [5, 5.41) is 12.8. The summed E-state index contributed by atoms with van der Waals surface area (Å²) in [6, 6.07) is 8.45. The van der Waals surface area contributed by atoms with Gasteiger partial charge in [0.05, 0.1) is 33.5 Å². The molecular weight excluding hydrogens is 287 g/mol. The average molecular weight is 297 g/mol. The number of carbonyl (C=O) groups is 1. The molecule has 19 heavy (non-hydrogen) atoms. The van der Waals surface area contributed by atoms with Gasteiger partial charge in [-0.15, -0.1) is 0 Å². The lowest BCUT2D eigenvalue weighted by atomic mass is 10.2. The van der Waals surface area contributed by atoms with Crippen LogP contribution in [0.25, 0.3) is 0 Å². The second-order valence-electron chi connectivity index (χ2n) is 3.80. The molecule has 0 amide bonds. The van der Waals surface area contributed by atoms with Crippen LogP contribution in [0.5, 0.6) is 0 Å². The number of aromatic nitrogens is 1. The first-order valence-corrected chi connectivity index (χ1v) is 6.19. The molecule has 1 aromatic carbocycles. The molecule has 2 N–H and O–H groups in total. The molecule has 0 radical (unpaired) electrons. The van der Waals surface area contributed by atoms with Crippen molar-refractivity contribution in [1.29, 1.82) is 0 Å². The largest absolute Gasteiger partial charge is 0.478 e.